The van der Waals surface area contributed by atoms with Gasteiger partial charge >= 0.3 is 0 Å². The number of carbonyl (C=O) groups excluding carboxylic acids is 1. The number of sulfonamides is 1. The average molecular weight is 291 g/mol. The molecule has 1 aliphatic rings. The molecule has 0 aromatic rings. The van der Waals surface area contributed by atoms with Crippen molar-refractivity contribution in [2.75, 3.05) is 19.3 Å². The van der Waals surface area contributed by atoms with Crippen molar-refractivity contribution < 1.29 is 13.2 Å². The number of likely N-dealkylation sites (tertiary alicyclic amines) is 1. The molecule has 0 aromatic carbocycles. The van der Waals surface area contributed by atoms with E-state index in [1.54, 1.807) is 4.90 Å². The van der Waals surface area contributed by atoms with Crippen LogP contribution in [0.5, 0.6) is 0 Å². The van der Waals surface area contributed by atoms with E-state index in [0.29, 0.717) is 38.3 Å². The molecule has 0 unspecified atom stereocenters. The van der Waals surface area contributed by atoms with E-state index in [0.717, 1.165) is 6.26 Å². The average Bonchev–Trinajstić information content (AvgIpc) is 2.26. The van der Waals surface area contributed by atoms with Gasteiger partial charge in [0.05, 0.1) is 12.3 Å². The topological polar surface area (TPSA) is 92.5 Å². The van der Waals surface area contributed by atoms with Crippen LogP contribution in [0.3, 0.4) is 0 Å². The normalized spacial score (nSPS) is 19.7. The molecule has 0 aliphatic carbocycles. The van der Waals surface area contributed by atoms with Gasteiger partial charge in [0.1, 0.15) is 0 Å². The molecule has 1 fully saturated rings. The number of hydrogen-bond acceptors (Lipinski definition) is 4. The molecule has 6 nitrogen and oxygen atoms in total. The van der Waals surface area contributed by atoms with Crippen LogP contribution in [0.2, 0.25) is 0 Å². The lowest BCUT2D eigenvalue weighted by Gasteiger charge is -2.33. The molecule has 1 rings (SSSR count). The first-order valence-electron chi connectivity index (χ1n) is 6.70. The highest BCUT2D eigenvalue weighted by molar-refractivity contribution is 7.88. The molecule has 0 aromatic heterocycles. The largest absolute Gasteiger partial charge is 0.341 e. The zero-order chi connectivity index (χ0) is 14.6. The Balaban J connectivity index is 2.43. The molecule has 112 valence electrons. The minimum absolute atomic E-state index is 0.0218. The summed E-state index contributed by atoms with van der Waals surface area (Å²) in [6.45, 7) is 5.21. The Morgan fingerprint density at radius 2 is 1.89 bits per heavy atom. The van der Waals surface area contributed by atoms with Gasteiger partial charge < -0.3 is 10.6 Å². The van der Waals surface area contributed by atoms with Crippen LogP contribution in [-0.4, -0.2) is 50.7 Å². The number of amides is 1. The van der Waals surface area contributed by atoms with Crippen molar-refractivity contribution in [2.24, 2.45) is 11.7 Å². The first-order chi connectivity index (χ1) is 8.69. The maximum absolute atomic E-state index is 12.1. The van der Waals surface area contributed by atoms with E-state index >= 15 is 0 Å². The summed E-state index contributed by atoms with van der Waals surface area (Å²) in [6.07, 6.45) is 3.13. The van der Waals surface area contributed by atoms with Crippen LogP contribution < -0.4 is 10.5 Å². The van der Waals surface area contributed by atoms with Crippen molar-refractivity contribution in [1.82, 2.24) is 9.62 Å². The predicted molar refractivity (Wildman–Crippen MR) is 75.0 cm³/mol. The Labute approximate surface area is 115 Å². The Kier molecular flexibility index (Phi) is 5.76. The van der Waals surface area contributed by atoms with Crippen molar-refractivity contribution in [3.05, 3.63) is 0 Å². The summed E-state index contributed by atoms with van der Waals surface area (Å²) in [5.74, 6) is 0.370. The van der Waals surface area contributed by atoms with Crippen molar-refractivity contribution in [1.29, 1.82) is 0 Å². The van der Waals surface area contributed by atoms with Crippen LogP contribution >= 0.6 is 0 Å². The number of rotatable bonds is 5. The third kappa shape index (κ3) is 5.88. The summed E-state index contributed by atoms with van der Waals surface area (Å²) in [4.78, 5) is 13.8. The minimum atomic E-state index is -3.17. The van der Waals surface area contributed by atoms with Gasteiger partial charge in [0.2, 0.25) is 15.9 Å². The second kappa shape index (κ2) is 6.67. The van der Waals surface area contributed by atoms with E-state index in [2.05, 4.69) is 4.72 Å². The highest BCUT2D eigenvalue weighted by atomic mass is 32.2. The van der Waals surface area contributed by atoms with E-state index in [-0.39, 0.29) is 11.9 Å². The van der Waals surface area contributed by atoms with Crippen LogP contribution in [0.15, 0.2) is 0 Å². The van der Waals surface area contributed by atoms with Gasteiger partial charge in [0, 0.05) is 19.1 Å². The van der Waals surface area contributed by atoms with Crippen LogP contribution in [-0.2, 0) is 14.8 Å². The van der Waals surface area contributed by atoms with Crippen molar-refractivity contribution in [3.63, 3.8) is 0 Å². The Bertz CT molecular complexity index is 400. The maximum Gasteiger partial charge on any atom is 0.239 e. The van der Waals surface area contributed by atoms with E-state index in [9.17, 15) is 13.2 Å². The zero-order valence-corrected chi connectivity index (χ0v) is 12.7. The summed E-state index contributed by atoms with van der Waals surface area (Å²) in [5.41, 5.74) is 5.88. The van der Waals surface area contributed by atoms with Gasteiger partial charge in [-0.1, -0.05) is 13.8 Å². The molecule has 1 heterocycles. The highest BCUT2D eigenvalue weighted by Crippen LogP contribution is 2.14. The SMILES string of the molecule is CC(C)C[C@H](N)C(=O)N1CCC(NS(C)(=O)=O)CC1. The highest BCUT2D eigenvalue weighted by Gasteiger charge is 2.27. The first-order valence-corrected chi connectivity index (χ1v) is 8.60. The Morgan fingerprint density at radius 1 is 1.37 bits per heavy atom. The van der Waals surface area contributed by atoms with Gasteiger partial charge in [-0.25, -0.2) is 13.1 Å². The monoisotopic (exact) mass is 291 g/mol. The van der Waals surface area contributed by atoms with Crippen molar-refractivity contribution in [2.45, 2.75) is 45.2 Å². The van der Waals surface area contributed by atoms with Gasteiger partial charge in [0.15, 0.2) is 0 Å². The summed E-state index contributed by atoms with van der Waals surface area (Å²) in [7, 11) is -3.17. The molecule has 7 heteroatoms. The number of piperidine rings is 1. The second-order valence-corrected chi connectivity index (χ2v) is 7.51. The fraction of sp³-hybridized carbons (Fsp3) is 0.917. The molecule has 0 radical (unpaired) electrons. The number of carbonyl (C=O) groups is 1. The molecular formula is C12H25N3O3S. The fourth-order valence-corrected chi connectivity index (χ4v) is 3.20. The third-order valence-electron chi connectivity index (χ3n) is 3.23. The lowest BCUT2D eigenvalue weighted by molar-refractivity contribution is -0.134. The fourth-order valence-electron chi connectivity index (χ4n) is 2.36. The van der Waals surface area contributed by atoms with Crippen molar-refractivity contribution in [3.8, 4) is 0 Å². The first kappa shape index (κ1) is 16.4. The summed E-state index contributed by atoms with van der Waals surface area (Å²) >= 11 is 0. The van der Waals surface area contributed by atoms with E-state index in [1.165, 1.54) is 0 Å². The number of nitrogens with zero attached hydrogens (tertiary/aromatic N) is 1. The molecular weight excluding hydrogens is 266 g/mol. The maximum atomic E-state index is 12.1. The molecule has 1 aliphatic heterocycles. The van der Waals surface area contributed by atoms with E-state index in [4.69, 9.17) is 5.73 Å². The molecule has 0 bridgehead atoms. The van der Waals surface area contributed by atoms with E-state index in [1.807, 2.05) is 13.8 Å². The van der Waals surface area contributed by atoms with Crippen LogP contribution in [0.25, 0.3) is 0 Å². The van der Waals surface area contributed by atoms with Gasteiger partial charge in [0.25, 0.3) is 0 Å². The van der Waals surface area contributed by atoms with Crippen LogP contribution in [0.4, 0.5) is 0 Å². The van der Waals surface area contributed by atoms with Gasteiger partial charge in [-0.15, -0.1) is 0 Å². The molecule has 3 N–H and O–H groups in total. The van der Waals surface area contributed by atoms with Crippen molar-refractivity contribution >= 4 is 15.9 Å². The quantitative estimate of drug-likeness (QED) is 0.740. The van der Waals surface area contributed by atoms with Crippen LogP contribution in [0, 0.1) is 5.92 Å². The zero-order valence-electron chi connectivity index (χ0n) is 11.9. The van der Waals surface area contributed by atoms with E-state index < -0.39 is 16.1 Å². The lowest BCUT2D eigenvalue weighted by Crippen LogP contribution is -2.51. The number of nitrogens with two attached hydrogens (primary N) is 1. The van der Waals surface area contributed by atoms with Gasteiger partial charge in [-0.05, 0) is 25.2 Å². The summed E-state index contributed by atoms with van der Waals surface area (Å²) in [6, 6.07) is -0.514. The molecule has 1 saturated heterocycles. The summed E-state index contributed by atoms with van der Waals surface area (Å²) in [5, 5.41) is 0. The van der Waals surface area contributed by atoms with Gasteiger partial charge in [-0.2, -0.15) is 0 Å². The van der Waals surface area contributed by atoms with Crippen LogP contribution in [0.1, 0.15) is 33.1 Å². The lowest BCUT2D eigenvalue weighted by atomic mass is 10.0. The number of hydrogen-bond donors (Lipinski definition) is 2. The standard InChI is InChI=1S/C12H25N3O3S/c1-9(2)8-11(13)12(16)15-6-4-10(5-7-15)14-19(3,17)18/h9-11,14H,4-8,13H2,1-3H3/t11-/m0/s1. The van der Waals surface area contributed by atoms with Gasteiger partial charge in [-0.3, -0.25) is 4.79 Å². The molecule has 0 saturated carbocycles. The molecule has 1 amide bonds. The second-order valence-electron chi connectivity index (χ2n) is 5.73. The minimum Gasteiger partial charge on any atom is -0.341 e. The Morgan fingerprint density at radius 3 is 2.32 bits per heavy atom. The smallest absolute Gasteiger partial charge is 0.239 e. The number of nitrogens with one attached hydrogen (secondary N) is 1. The Hall–Kier alpha value is -0.660. The summed E-state index contributed by atoms with van der Waals surface area (Å²) < 4.78 is 24.8. The molecule has 1 atom stereocenters. The molecule has 0 spiro atoms. The molecule has 19 heavy (non-hydrogen) atoms. The third-order valence-corrected chi connectivity index (χ3v) is 3.99. The predicted octanol–water partition coefficient (Wildman–Crippen LogP) is -0.1000.